The van der Waals surface area contributed by atoms with Gasteiger partial charge in [-0.15, -0.1) is 0 Å². The molecule has 1 heterocycles. The van der Waals surface area contributed by atoms with Crippen LogP contribution >= 0.6 is 0 Å². The molecule has 1 saturated heterocycles. The first-order valence-corrected chi connectivity index (χ1v) is 6.43. The van der Waals surface area contributed by atoms with Crippen LogP contribution in [-0.2, 0) is 4.79 Å². The van der Waals surface area contributed by atoms with Crippen LogP contribution in [0.25, 0.3) is 0 Å². The second kappa shape index (κ2) is 7.63. The molecule has 1 rings (SSSR count). The summed E-state index contributed by atoms with van der Waals surface area (Å²) in [5, 5.41) is 6.99. The lowest BCUT2D eigenvalue weighted by molar-refractivity contribution is -0.118. The normalized spacial score (nSPS) is 22.2. The summed E-state index contributed by atoms with van der Waals surface area (Å²) >= 11 is 0. The summed E-state index contributed by atoms with van der Waals surface area (Å²) < 4.78 is 0. The van der Waals surface area contributed by atoms with Crippen molar-refractivity contribution in [3.8, 4) is 0 Å². The van der Waals surface area contributed by atoms with E-state index < -0.39 is 0 Å². The minimum absolute atomic E-state index is 0.191. The van der Waals surface area contributed by atoms with Crippen LogP contribution in [0.2, 0.25) is 0 Å². The molecular formula is C12H25N3O. The van der Waals surface area contributed by atoms with Crippen molar-refractivity contribution in [2.45, 2.75) is 57.5 Å². The van der Waals surface area contributed by atoms with Crippen LogP contribution in [0.15, 0.2) is 0 Å². The Bertz CT molecular complexity index is 202. The Morgan fingerprint density at radius 1 is 1.56 bits per heavy atom. The first-order valence-electron chi connectivity index (χ1n) is 6.43. The van der Waals surface area contributed by atoms with E-state index in [0.717, 1.165) is 19.4 Å². The van der Waals surface area contributed by atoms with Gasteiger partial charge in [-0.3, -0.25) is 4.79 Å². The molecule has 2 atom stereocenters. The second-order valence-electron chi connectivity index (χ2n) is 4.81. The lowest BCUT2D eigenvalue weighted by Crippen LogP contribution is -2.34. The molecule has 0 radical (unpaired) electrons. The highest BCUT2D eigenvalue weighted by Crippen LogP contribution is 2.10. The summed E-state index contributed by atoms with van der Waals surface area (Å²) in [7, 11) is 0. The summed E-state index contributed by atoms with van der Waals surface area (Å²) in [4.78, 5) is 10.5. The number of hydrogen-bond acceptors (Lipinski definition) is 3. The van der Waals surface area contributed by atoms with E-state index in [0.29, 0.717) is 18.5 Å². The molecule has 4 heteroatoms. The summed E-state index contributed by atoms with van der Waals surface area (Å²) in [5.41, 5.74) is 5.08. The van der Waals surface area contributed by atoms with E-state index in [1.165, 1.54) is 25.8 Å². The quantitative estimate of drug-likeness (QED) is 0.536. The van der Waals surface area contributed by atoms with Crippen molar-refractivity contribution in [2.24, 2.45) is 5.73 Å². The number of nitrogens with one attached hydrogen (secondary N) is 2. The van der Waals surface area contributed by atoms with Crippen LogP contribution in [0.4, 0.5) is 0 Å². The number of unbranched alkanes of at least 4 members (excludes halogenated alkanes) is 1. The van der Waals surface area contributed by atoms with E-state index in [-0.39, 0.29) is 5.91 Å². The highest BCUT2D eigenvalue weighted by atomic mass is 16.1. The maximum Gasteiger partial charge on any atom is 0.217 e. The van der Waals surface area contributed by atoms with E-state index >= 15 is 0 Å². The average Bonchev–Trinajstić information content (AvgIpc) is 2.69. The molecule has 0 aromatic rings. The highest BCUT2D eigenvalue weighted by Gasteiger charge is 2.16. The van der Waals surface area contributed by atoms with Gasteiger partial charge in [0.05, 0.1) is 0 Å². The monoisotopic (exact) mass is 227 g/mol. The predicted octanol–water partition coefficient (Wildman–Crippen LogP) is 0.762. The first kappa shape index (κ1) is 13.5. The molecule has 0 aromatic heterocycles. The molecule has 1 fully saturated rings. The number of carbonyl (C=O) groups excluding carboxylic acids is 1. The molecule has 0 spiro atoms. The molecular weight excluding hydrogens is 202 g/mol. The molecule has 0 bridgehead atoms. The molecule has 1 amide bonds. The van der Waals surface area contributed by atoms with Crippen molar-refractivity contribution in [2.75, 3.05) is 13.1 Å². The van der Waals surface area contributed by atoms with Crippen LogP contribution in [0.5, 0.6) is 0 Å². The molecule has 2 unspecified atom stereocenters. The third kappa shape index (κ3) is 6.08. The third-order valence-electron chi connectivity index (χ3n) is 3.14. The van der Waals surface area contributed by atoms with E-state index in [9.17, 15) is 4.79 Å². The van der Waals surface area contributed by atoms with Crippen molar-refractivity contribution in [1.29, 1.82) is 0 Å². The first-order chi connectivity index (χ1) is 7.68. The van der Waals surface area contributed by atoms with Gasteiger partial charge in [0.1, 0.15) is 0 Å². The largest absolute Gasteiger partial charge is 0.370 e. The summed E-state index contributed by atoms with van der Waals surface area (Å²) in [5.74, 6) is -0.191. The van der Waals surface area contributed by atoms with Gasteiger partial charge in [0.25, 0.3) is 0 Å². The highest BCUT2D eigenvalue weighted by molar-refractivity contribution is 5.73. The van der Waals surface area contributed by atoms with Crippen LogP contribution in [-0.4, -0.2) is 31.1 Å². The van der Waals surface area contributed by atoms with E-state index in [1.54, 1.807) is 0 Å². The standard InChI is InChI=1S/C12H25N3O/c1-10(9-11-5-4-8-15-11)14-7-3-2-6-12(13)16/h10-11,14-15H,2-9H2,1H3,(H2,13,16). The van der Waals surface area contributed by atoms with Crippen molar-refractivity contribution in [1.82, 2.24) is 10.6 Å². The number of rotatable bonds is 8. The Hall–Kier alpha value is -0.610. The maximum atomic E-state index is 10.5. The van der Waals surface area contributed by atoms with Crippen molar-refractivity contribution in [3.63, 3.8) is 0 Å². The minimum atomic E-state index is -0.191. The summed E-state index contributed by atoms with van der Waals surface area (Å²) in [6.45, 7) is 4.39. The van der Waals surface area contributed by atoms with Crippen molar-refractivity contribution < 1.29 is 4.79 Å². The fourth-order valence-electron chi connectivity index (χ4n) is 2.24. The Morgan fingerprint density at radius 3 is 3.00 bits per heavy atom. The zero-order valence-electron chi connectivity index (χ0n) is 10.3. The molecule has 0 aromatic carbocycles. The van der Waals surface area contributed by atoms with Gasteiger partial charge in [-0.1, -0.05) is 0 Å². The Morgan fingerprint density at radius 2 is 2.38 bits per heavy atom. The minimum Gasteiger partial charge on any atom is -0.370 e. The Kier molecular flexibility index (Phi) is 6.42. The Labute approximate surface area is 98.3 Å². The fourth-order valence-corrected chi connectivity index (χ4v) is 2.24. The number of primary amides is 1. The lowest BCUT2D eigenvalue weighted by atomic mass is 10.1. The van der Waals surface area contributed by atoms with Crippen LogP contribution in [0.3, 0.4) is 0 Å². The van der Waals surface area contributed by atoms with Crippen LogP contribution in [0.1, 0.15) is 45.4 Å². The van der Waals surface area contributed by atoms with E-state index in [4.69, 9.17) is 5.73 Å². The lowest BCUT2D eigenvalue weighted by Gasteiger charge is -2.18. The fraction of sp³-hybridized carbons (Fsp3) is 0.917. The van der Waals surface area contributed by atoms with Crippen LogP contribution < -0.4 is 16.4 Å². The second-order valence-corrected chi connectivity index (χ2v) is 4.81. The van der Waals surface area contributed by atoms with E-state index in [2.05, 4.69) is 17.6 Å². The maximum absolute atomic E-state index is 10.5. The van der Waals surface area contributed by atoms with Gasteiger partial charge in [-0.2, -0.15) is 0 Å². The number of hydrogen-bond donors (Lipinski definition) is 3. The number of carbonyl (C=O) groups is 1. The summed E-state index contributed by atoms with van der Waals surface area (Å²) in [6.07, 6.45) is 6.28. The molecule has 0 aliphatic carbocycles. The zero-order valence-corrected chi connectivity index (χ0v) is 10.3. The smallest absolute Gasteiger partial charge is 0.217 e. The number of nitrogens with two attached hydrogens (primary N) is 1. The third-order valence-corrected chi connectivity index (χ3v) is 3.14. The van der Waals surface area contributed by atoms with Crippen molar-refractivity contribution >= 4 is 5.91 Å². The summed E-state index contributed by atoms with van der Waals surface area (Å²) in [6, 6.07) is 1.26. The SMILES string of the molecule is CC(CC1CCCN1)NCCCCC(N)=O. The van der Waals surface area contributed by atoms with Gasteiger partial charge in [0.2, 0.25) is 5.91 Å². The topological polar surface area (TPSA) is 67.2 Å². The molecule has 4 N–H and O–H groups in total. The van der Waals surface area contributed by atoms with E-state index in [1.807, 2.05) is 0 Å². The Balaban J connectivity index is 1.93. The van der Waals surface area contributed by atoms with Gasteiger partial charge in [0.15, 0.2) is 0 Å². The predicted molar refractivity (Wildman–Crippen MR) is 66.2 cm³/mol. The van der Waals surface area contributed by atoms with Gasteiger partial charge in [-0.25, -0.2) is 0 Å². The molecule has 16 heavy (non-hydrogen) atoms. The molecule has 1 aliphatic rings. The van der Waals surface area contributed by atoms with Gasteiger partial charge in [-0.05, 0) is 52.1 Å². The molecule has 0 saturated carbocycles. The molecule has 4 nitrogen and oxygen atoms in total. The molecule has 1 aliphatic heterocycles. The van der Waals surface area contributed by atoms with Gasteiger partial charge >= 0.3 is 0 Å². The average molecular weight is 227 g/mol. The number of amides is 1. The van der Waals surface area contributed by atoms with Gasteiger partial charge < -0.3 is 16.4 Å². The molecule has 94 valence electrons. The van der Waals surface area contributed by atoms with Crippen molar-refractivity contribution in [3.05, 3.63) is 0 Å². The van der Waals surface area contributed by atoms with Gasteiger partial charge in [0, 0.05) is 18.5 Å². The van der Waals surface area contributed by atoms with Crippen LogP contribution in [0, 0.1) is 0 Å². The zero-order chi connectivity index (χ0) is 11.8.